The van der Waals surface area contributed by atoms with Crippen LogP contribution in [0.15, 0.2) is 12.2 Å². The van der Waals surface area contributed by atoms with Crippen LogP contribution >= 0.6 is 0 Å². The normalized spacial score (nSPS) is 15.6. The zero-order valence-corrected chi connectivity index (χ0v) is 6.27. The third kappa shape index (κ3) is 1.75. The maximum absolute atomic E-state index is 12.1. The summed E-state index contributed by atoms with van der Waals surface area (Å²) in [6.07, 6.45) is -2.59. The van der Waals surface area contributed by atoms with E-state index >= 15 is 0 Å². The van der Waals surface area contributed by atoms with Gasteiger partial charge in [0.05, 0.1) is 6.07 Å². The van der Waals surface area contributed by atoms with Crippen molar-refractivity contribution in [3.8, 4) is 6.07 Å². The van der Waals surface area contributed by atoms with Gasteiger partial charge in [-0.3, -0.25) is 0 Å². The molecule has 0 saturated carbocycles. The van der Waals surface area contributed by atoms with Crippen LogP contribution in [-0.2, 0) is 0 Å². The van der Waals surface area contributed by atoms with E-state index in [0.29, 0.717) is 0 Å². The van der Waals surface area contributed by atoms with Gasteiger partial charge in [-0.2, -0.15) is 5.26 Å². The number of rotatable bonds is 3. The highest BCUT2D eigenvalue weighted by molar-refractivity contribution is 5.27. The molecule has 11 heavy (non-hydrogen) atoms. The second-order valence-electron chi connectivity index (χ2n) is 2.24. The first kappa shape index (κ1) is 10.0. The molecule has 1 unspecified atom stereocenters. The van der Waals surface area contributed by atoms with Gasteiger partial charge in [0.15, 0.2) is 5.54 Å². The number of alkyl halides is 2. The molecule has 1 atom stereocenters. The molecule has 0 rings (SSSR count). The van der Waals surface area contributed by atoms with E-state index in [0.717, 1.165) is 0 Å². The van der Waals surface area contributed by atoms with E-state index < -0.39 is 12.0 Å². The summed E-state index contributed by atoms with van der Waals surface area (Å²) >= 11 is 0. The lowest BCUT2D eigenvalue weighted by Crippen LogP contribution is -2.47. The second-order valence-corrected chi connectivity index (χ2v) is 2.24. The molecule has 0 spiro atoms. The number of nitrogens with zero attached hydrogens (tertiary/aromatic N) is 1. The first-order chi connectivity index (χ1) is 4.99. The average Bonchev–Trinajstić information content (AvgIpc) is 2.01. The van der Waals surface area contributed by atoms with Crippen molar-refractivity contribution in [2.24, 2.45) is 5.73 Å². The van der Waals surface area contributed by atoms with Gasteiger partial charge in [-0.1, -0.05) is 13.5 Å². The van der Waals surface area contributed by atoms with Gasteiger partial charge in [0, 0.05) is 0 Å². The SMILES string of the molecule is C=C(CC)C(N)(C#N)C(F)F. The lowest BCUT2D eigenvalue weighted by molar-refractivity contribution is 0.0989. The van der Waals surface area contributed by atoms with Crippen LogP contribution in [0.25, 0.3) is 0 Å². The fraction of sp³-hybridized carbons (Fsp3) is 0.571. The second kappa shape index (κ2) is 3.44. The minimum absolute atomic E-state index is 0.0648. The van der Waals surface area contributed by atoms with Crippen molar-refractivity contribution in [3.05, 3.63) is 12.2 Å². The zero-order chi connectivity index (χ0) is 9.07. The molecule has 0 heterocycles. The molecule has 2 N–H and O–H groups in total. The number of halogens is 2. The van der Waals surface area contributed by atoms with Gasteiger partial charge in [0.25, 0.3) is 6.43 Å². The van der Waals surface area contributed by atoms with Crippen molar-refractivity contribution in [2.75, 3.05) is 0 Å². The van der Waals surface area contributed by atoms with Crippen molar-refractivity contribution >= 4 is 0 Å². The Balaban J connectivity index is 4.64. The standard InChI is InChI=1S/C7H10F2N2/c1-3-5(2)7(11,4-10)6(8)9/h6H,2-3,11H2,1H3. The zero-order valence-electron chi connectivity index (χ0n) is 6.27. The van der Waals surface area contributed by atoms with Crippen LogP contribution in [0, 0.1) is 11.3 Å². The Hall–Kier alpha value is -0.950. The Bertz CT molecular complexity index is 195. The summed E-state index contributed by atoms with van der Waals surface area (Å²) in [5.74, 6) is 0. The van der Waals surface area contributed by atoms with Gasteiger partial charge in [-0.15, -0.1) is 0 Å². The maximum Gasteiger partial charge on any atom is 0.273 e. The van der Waals surface area contributed by atoms with Crippen molar-refractivity contribution in [3.63, 3.8) is 0 Å². The van der Waals surface area contributed by atoms with Crippen molar-refractivity contribution in [2.45, 2.75) is 25.3 Å². The fourth-order valence-electron chi connectivity index (χ4n) is 0.575. The van der Waals surface area contributed by atoms with Gasteiger partial charge in [0.1, 0.15) is 0 Å². The number of hydrogen-bond acceptors (Lipinski definition) is 2. The van der Waals surface area contributed by atoms with Crippen LogP contribution in [0.5, 0.6) is 0 Å². The van der Waals surface area contributed by atoms with Gasteiger partial charge < -0.3 is 5.73 Å². The fourth-order valence-corrected chi connectivity index (χ4v) is 0.575. The molecule has 0 aliphatic carbocycles. The van der Waals surface area contributed by atoms with Crippen molar-refractivity contribution in [1.82, 2.24) is 0 Å². The van der Waals surface area contributed by atoms with Crippen LogP contribution in [0.3, 0.4) is 0 Å². The van der Waals surface area contributed by atoms with E-state index in [9.17, 15) is 8.78 Å². The number of nitriles is 1. The summed E-state index contributed by atoms with van der Waals surface area (Å²) in [5, 5.41) is 8.34. The summed E-state index contributed by atoms with van der Waals surface area (Å²) in [4.78, 5) is 0. The lowest BCUT2D eigenvalue weighted by atomic mass is 9.92. The quantitative estimate of drug-likeness (QED) is 0.635. The summed E-state index contributed by atoms with van der Waals surface area (Å²) in [7, 11) is 0. The molecule has 0 bridgehead atoms. The highest BCUT2D eigenvalue weighted by atomic mass is 19.3. The smallest absolute Gasteiger partial charge is 0.273 e. The minimum atomic E-state index is -2.88. The molecule has 0 fully saturated rings. The molecule has 0 amide bonds. The Morgan fingerprint density at radius 2 is 2.27 bits per heavy atom. The van der Waals surface area contributed by atoms with Crippen molar-refractivity contribution in [1.29, 1.82) is 5.26 Å². The van der Waals surface area contributed by atoms with E-state index in [4.69, 9.17) is 11.0 Å². The summed E-state index contributed by atoms with van der Waals surface area (Å²) in [6, 6.07) is 1.36. The molecule has 0 aliphatic heterocycles. The monoisotopic (exact) mass is 160 g/mol. The molecule has 62 valence electrons. The predicted molar refractivity (Wildman–Crippen MR) is 38.0 cm³/mol. The van der Waals surface area contributed by atoms with Crippen LogP contribution in [0.1, 0.15) is 13.3 Å². The van der Waals surface area contributed by atoms with Crippen LogP contribution in [0.4, 0.5) is 8.78 Å². The molecular weight excluding hydrogens is 150 g/mol. The van der Waals surface area contributed by atoms with E-state index in [2.05, 4.69) is 6.58 Å². The minimum Gasteiger partial charge on any atom is -0.305 e. The molecule has 0 aromatic carbocycles. The molecule has 0 saturated heterocycles. The lowest BCUT2D eigenvalue weighted by Gasteiger charge is -2.21. The van der Waals surface area contributed by atoms with Crippen LogP contribution in [0.2, 0.25) is 0 Å². The summed E-state index contributed by atoms with van der Waals surface area (Å²) in [6.45, 7) is 4.94. The van der Waals surface area contributed by atoms with E-state index in [-0.39, 0.29) is 12.0 Å². The summed E-state index contributed by atoms with van der Waals surface area (Å²) in [5.41, 5.74) is 2.98. The van der Waals surface area contributed by atoms with Gasteiger partial charge in [-0.05, 0) is 12.0 Å². The highest BCUT2D eigenvalue weighted by Crippen LogP contribution is 2.22. The molecular formula is C7H10F2N2. The molecule has 0 radical (unpaired) electrons. The van der Waals surface area contributed by atoms with Gasteiger partial charge >= 0.3 is 0 Å². The Kier molecular flexibility index (Phi) is 3.15. The largest absolute Gasteiger partial charge is 0.305 e. The Morgan fingerprint density at radius 3 is 2.36 bits per heavy atom. The third-order valence-corrected chi connectivity index (χ3v) is 1.54. The number of nitrogens with two attached hydrogens (primary N) is 1. The third-order valence-electron chi connectivity index (χ3n) is 1.54. The summed E-state index contributed by atoms with van der Waals surface area (Å²) < 4.78 is 24.2. The first-order valence-corrected chi connectivity index (χ1v) is 3.15. The first-order valence-electron chi connectivity index (χ1n) is 3.15. The molecule has 0 aromatic rings. The van der Waals surface area contributed by atoms with Crippen LogP contribution in [-0.4, -0.2) is 12.0 Å². The molecule has 0 aliphatic rings. The van der Waals surface area contributed by atoms with Gasteiger partial charge in [-0.25, -0.2) is 8.78 Å². The Labute approximate surface area is 64.3 Å². The molecule has 0 aromatic heterocycles. The van der Waals surface area contributed by atoms with Crippen LogP contribution < -0.4 is 5.73 Å². The highest BCUT2D eigenvalue weighted by Gasteiger charge is 2.37. The van der Waals surface area contributed by atoms with Crippen molar-refractivity contribution < 1.29 is 8.78 Å². The Morgan fingerprint density at radius 1 is 1.82 bits per heavy atom. The molecule has 4 heteroatoms. The van der Waals surface area contributed by atoms with E-state index in [1.54, 1.807) is 6.92 Å². The maximum atomic E-state index is 12.1. The predicted octanol–water partition coefficient (Wildman–Crippen LogP) is 1.44. The van der Waals surface area contributed by atoms with E-state index in [1.807, 2.05) is 0 Å². The number of hydrogen-bond donors (Lipinski definition) is 1. The van der Waals surface area contributed by atoms with Gasteiger partial charge in [0.2, 0.25) is 0 Å². The topological polar surface area (TPSA) is 49.8 Å². The average molecular weight is 160 g/mol. The van der Waals surface area contributed by atoms with E-state index in [1.165, 1.54) is 6.07 Å². The molecule has 2 nitrogen and oxygen atoms in total.